The van der Waals surface area contributed by atoms with Crippen molar-refractivity contribution in [3.63, 3.8) is 0 Å². The third kappa shape index (κ3) is 2.22. The molecule has 1 aliphatic rings. The number of oxime groups is 1. The van der Waals surface area contributed by atoms with Crippen LogP contribution in [0.4, 0.5) is 5.82 Å². The van der Waals surface area contributed by atoms with Crippen LogP contribution in [0.5, 0.6) is 0 Å². The minimum atomic E-state index is 0.0827. The molecule has 6 heteroatoms. The number of anilines is 1. The average molecular weight is 221 g/mol. The smallest absolute Gasteiger partial charge is 0.171 e. The summed E-state index contributed by atoms with van der Waals surface area (Å²) in [6.45, 7) is 3.86. The van der Waals surface area contributed by atoms with Crippen molar-refractivity contribution in [1.82, 2.24) is 10.3 Å². The molecule has 4 N–H and O–H groups in total. The van der Waals surface area contributed by atoms with E-state index in [1.165, 1.54) is 0 Å². The summed E-state index contributed by atoms with van der Waals surface area (Å²) in [7, 11) is 0. The Morgan fingerprint density at radius 3 is 2.75 bits per heavy atom. The molecular weight excluding hydrogens is 206 g/mol. The van der Waals surface area contributed by atoms with Crippen molar-refractivity contribution >= 4 is 11.7 Å². The molecule has 0 saturated carbocycles. The van der Waals surface area contributed by atoms with Crippen LogP contribution in [0.2, 0.25) is 0 Å². The van der Waals surface area contributed by atoms with E-state index in [2.05, 4.69) is 20.4 Å². The number of hydrogen-bond donors (Lipinski definition) is 3. The number of pyridine rings is 1. The summed E-state index contributed by atoms with van der Waals surface area (Å²) in [5.41, 5.74) is 6.09. The highest BCUT2D eigenvalue weighted by molar-refractivity contribution is 5.96. The van der Waals surface area contributed by atoms with E-state index >= 15 is 0 Å². The van der Waals surface area contributed by atoms with Gasteiger partial charge in [-0.3, -0.25) is 0 Å². The maximum absolute atomic E-state index is 8.52. The van der Waals surface area contributed by atoms with Crippen LogP contribution in [0, 0.1) is 0 Å². The van der Waals surface area contributed by atoms with Crippen LogP contribution in [0.15, 0.2) is 23.5 Å². The van der Waals surface area contributed by atoms with Gasteiger partial charge >= 0.3 is 0 Å². The first-order valence-corrected chi connectivity index (χ1v) is 5.21. The molecule has 0 bridgehead atoms. The molecule has 0 radical (unpaired) electrons. The van der Waals surface area contributed by atoms with E-state index in [0.29, 0.717) is 5.56 Å². The lowest BCUT2D eigenvalue weighted by atomic mass is 10.2. The molecule has 16 heavy (non-hydrogen) atoms. The summed E-state index contributed by atoms with van der Waals surface area (Å²) in [5, 5.41) is 14.7. The van der Waals surface area contributed by atoms with Crippen molar-refractivity contribution in [2.24, 2.45) is 10.9 Å². The highest BCUT2D eigenvalue weighted by Crippen LogP contribution is 2.11. The van der Waals surface area contributed by atoms with Gasteiger partial charge in [-0.1, -0.05) is 5.16 Å². The highest BCUT2D eigenvalue weighted by Gasteiger charge is 2.11. The van der Waals surface area contributed by atoms with Crippen LogP contribution in [0.1, 0.15) is 5.56 Å². The first kappa shape index (κ1) is 10.7. The van der Waals surface area contributed by atoms with Gasteiger partial charge in [-0.25, -0.2) is 4.98 Å². The second-order valence-corrected chi connectivity index (χ2v) is 3.63. The normalized spacial score (nSPS) is 17.5. The van der Waals surface area contributed by atoms with E-state index in [4.69, 9.17) is 10.9 Å². The fourth-order valence-electron chi connectivity index (χ4n) is 1.68. The number of nitrogens with two attached hydrogens (primary N) is 1. The molecule has 0 unspecified atom stereocenters. The van der Waals surface area contributed by atoms with E-state index in [-0.39, 0.29) is 5.84 Å². The van der Waals surface area contributed by atoms with Crippen LogP contribution >= 0.6 is 0 Å². The molecule has 1 aromatic rings. The van der Waals surface area contributed by atoms with Crippen molar-refractivity contribution in [3.8, 4) is 0 Å². The van der Waals surface area contributed by atoms with Gasteiger partial charge in [0.2, 0.25) is 0 Å². The molecule has 0 aliphatic carbocycles. The summed E-state index contributed by atoms with van der Waals surface area (Å²) >= 11 is 0. The third-order valence-electron chi connectivity index (χ3n) is 2.59. The van der Waals surface area contributed by atoms with Crippen molar-refractivity contribution < 1.29 is 5.21 Å². The fraction of sp³-hybridized carbons (Fsp3) is 0.400. The summed E-state index contributed by atoms with van der Waals surface area (Å²) in [6, 6.07) is 3.69. The predicted octanol–water partition coefficient (Wildman–Crippen LogP) is -0.414. The van der Waals surface area contributed by atoms with Gasteiger partial charge in [0, 0.05) is 37.9 Å². The summed E-state index contributed by atoms with van der Waals surface area (Å²) in [5.74, 6) is 1.01. The molecule has 2 heterocycles. The molecular formula is C10H15N5O. The standard InChI is InChI=1S/C10H15N5O/c11-10(14-16)8-1-2-9(13-7-8)15-5-3-12-4-6-15/h1-2,7,12,16H,3-6H2,(H2,11,14). The molecule has 0 amide bonds. The van der Waals surface area contributed by atoms with Gasteiger partial charge in [0.1, 0.15) is 5.82 Å². The maximum Gasteiger partial charge on any atom is 0.171 e. The maximum atomic E-state index is 8.52. The highest BCUT2D eigenvalue weighted by atomic mass is 16.4. The van der Waals surface area contributed by atoms with Crippen LogP contribution in [0.3, 0.4) is 0 Å². The lowest BCUT2D eigenvalue weighted by Gasteiger charge is -2.28. The number of amidine groups is 1. The van der Waals surface area contributed by atoms with Gasteiger partial charge < -0.3 is 21.2 Å². The first-order valence-electron chi connectivity index (χ1n) is 5.21. The summed E-state index contributed by atoms with van der Waals surface area (Å²) < 4.78 is 0. The van der Waals surface area contributed by atoms with Crippen LogP contribution in [-0.2, 0) is 0 Å². The number of nitrogens with zero attached hydrogens (tertiary/aromatic N) is 3. The molecule has 0 aromatic carbocycles. The molecule has 1 saturated heterocycles. The van der Waals surface area contributed by atoms with Crippen molar-refractivity contribution in [2.45, 2.75) is 0 Å². The SMILES string of the molecule is N/C(=N\O)c1ccc(N2CCNCC2)nc1. The topological polar surface area (TPSA) is 86.8 Å². The molecule has 1 fully saturated rings. The summed E-state index contributed by atoms with van der Waals surface area (Å²) in [4.78, 5) is 6.50. The van der Waals surface area contributed by atoms with Gasteiger partial charge in [-0.05, 0) is 12.1 Å². The van der Waals surface area contributed by atoms with E-state index < -0.39 is 0 Å². The van der Waals surface area contributed by atoms with Gasteiger partial charge in [-0.2, -0.15) is 0 Å². The number of rotatable bonds is 2. The second-order valence-electron chi connectivity index (χ2n) is 3.63. The zero-order valence-electron chi connectivity index (χ0n) is 8.93. The lowest BCUT2D eigenvalue weighted by Crippen LogP contribution is -2.43. The fourth-order valence-corrected chi connectivity index (χ4v) is 1.68. The van der Waals surface area contributed by atoms with Crippen molar-refractivity contribution in [3.05, 3.63) is 23.9 Å². The van der Waals surface area contributed by atoms with Gasteiger partial charge in [0.15, 0.2) is 5.84 Å². The molecule has 86 valence electrons. The van der Waals surface area contributed by atoms with Gasteiger partial charge in [0.05, 0.1) is 0 Å². The quantitative estimate of drug-likeness (QED) is 0.273. The van der Waals surface area contributed by atoms with Crippen LogP contribution in [0.25, 0.3) is 0 Å². The Bertz CT molecular complexity index is 369. The summed E-state index contributed by atoms with van der Waals surface area (Å²) in [6.07, 6.45) is 1.62. The number of aromatic nitrogens is 1. The van der Waals surface area contributed by atoms with E-state index in [1.54, 1.807) is 12.3 Å². The molecule has 0 spiro atoms. The molecule has 6 nitrogen and oxygen atoms in total. The molecule has 0 atom stereocenters. The zero-order valence-corrected chi connectivity index (χ0v) is 8.93. The van der Waals surface area contributed by atoms with Gasteiger partial charge in [-0.15, -0.1) is 0 Å². The van der Waals surface area contributed by atoms with Crippen molar-refractivity contribution in [1.29, 1.82) is 0 Å². The van der Waals surface area contributed by atoms with E-state index in [0.717, 1.165) is 32.0 Å². The van der Waals surface area contributed by atoms with E-state index in [1.807, 2.05) is 6.07 Å². The number of hydrogen-bond acceptors (Lipinski definition) is 5. The first-order chi connectivity index (χ1) is 7.81. The average Bonchev–Trinajstić information content (AvgIpc) is 2.39. The van der Waals surface area contributed by atoms with Crippen molar-refractivity contribution in [2.75, 3.05) is 31.1 Å². The number of piperazine rings is 1. The third-order valence-corrected chi connectivity index (χ3v) is 2.59. The van der Waals surface area contributed by atoms with E-state index in [9.17, 15) is 0 Å². The monoisotopic (exact) mass is 221 g/mol. The Morgan fingerprint density at radius 2 is 2.19 bits per heavy atom. The second kappa shape index (κ2) is 4.80. The zero-order chi connectivity index (χ0) is 11.4. The number of nitrogens with one attached hydrogen (secondary N) is 1. The molecule has 2 rings (SSSR count). The minimum absolute atomic E-state index is 0.0827. The Kier molecular flexibility index (Phi) is 3.21. The predicted molar refractivity (Wildman–Crippen MR) is 61.8 cm³/mol. The molecule has 1 aliphatic heterocycles. The Labute approximate surface area is 93.8 Å². The molecule has 1 aromatic heterocycles. The Hall–Kier alpha value is -1.82. The van der Waals surface area contributed by atoms with Crippen LogP contribution in [-0.4, -0.2) is 42.2 Å². The van der Waals surface area contributed by atoms with Gasteiger partial charge in [0.25, 0.3) is 0 Å². The Morgan fingerprint density at radius 1 is 1.44 bits per heavy atom. The Balaban J connectivity index is 2.12. The minimum Gasteiger partial charge on any atom is -0.409 e. The largest absolute Gasteiger partial charge is 0.409 e. The lowest BCUT2D eigenvalue weighted by molar-refractivity contribution is 0.318. The van der Waals surface area contributed by atoms with Crippen LogP contribution < -0.4 is 16.0 Å².